The highest BCUT2D eigenvalue weighted by atomic mass is 16.6. The van der Waals surface area contributed by atoms with Crippen molar-refractivity contribution >= 4 is 11.9 Å². The van der Waals surface area contributed by atoms with Crippen LogP contribution in [0.25, 0.3) is 0 Å². The van der Waals surface area contributed by atoms with Crippen molar-refractivity contribution in [3.8, 4) is 0 Å². The van der Waals surface area contributed by atoms with E-state index in [1.54, 1.807) is 32.6 Å². The Morgan fingerprint density at radius 1 is 1.24 bits per heavy atom. The van der Waals surface area contributed by atoms with Gasteiger partial charge in [0, 0.05) is 13.1 Å². The third kappa shape index (κ3) is 4.54. The largest absolute Gasteiger partial charge is 0.455 e. The number of carbonyl (C=O) groups is 2. The number of carbonyl (C=O) groups excluding carboxylic acids is 2. The molecule has 1 amide bonds. The van der Waals surface area contributed by atoms with Crippen molar-refractivity contribution in [1.29, 1.82) is 0 Å². The van der Waals surface area contributed by atoms with Crippen molar-refractivity contribution < 1.29 is 14.3 Å². The van der Waals surface area contributed by atoms with E-state index >= 15 is 0 Å². The lowest BCUT2D eigenvalue weighted by molar-refractivity contribution is -0.131. The third-order valence-electron chi connectivity index (χ3n) is 2.98. The summed E-state index contributed by atoms with van der Waals surface area (Å²) in [7, 11) is 0. The van der Waals surface area contributed by atoms with Crippen molar-refractivity contribution in [2.75, 3.05) is 13.1 Å². The van der Waals surface area contributed by atoms with Crippen molar-refractivity contribution in [2.45, 2.75) is 53.7 Å². The van der Waals surface area contributed by atoms with Crippen LogP contribution in [0.5, 0.6) is 0 Å². The zero-order valence-corrected chi connectivity index (χ0v) is 13.6. The second-order valence-electron chi connectivity index (χ2n) is 5.75. The maximum absolute atomic E-state index is 12.1. The lowest BCUT2D eigenvalue weighted by atomic mass is 10.2. The molecule has 0 spiro atoms. The smallest absolute Gasteiger partial charge is 0.361 e. The Kier molecular flexibility index (Phi) is 5.46. The van der Waals surface area contributed by atoms with Gasteiger partial charge in [-0.05, 0) is 41.5 Å². The molecule has 0 atom stereocenters. The Labute approximate surface area is 125 Å². The molecule has 0 radical (unpaired) electrons. The van der Waals surface area contributed by atoms with Crippen LogP contribution in [-0.2, 0) is 16.1 Å². The van der Waals surface area contributed by atoms with Gasteiger partial charge in [0.15, 0.2) is 5.69 Å². The molecular weight excluding hydrogens is 272 g/mol. The van der Waals surface area contributed by atoms with Crippen LogP contribution in [0, 0.1) is 6.92 Å². The minimum absolute atomic E-state index is 0.0521. The first-order valence-electron chi connectivity index (χ1n) is 7.10. The van der Waals surface area contributed by atoms with E-state index in [2.05, 4.69) is 10.3 Å². The fourth-order valence-electron chi connectivity index (χ4n) is 1.83. The number of aromatic nitrogens is 3. The van der Waals surface area contributed by atoms with Gasteiger partial charge in [-0.25, -0.2) is 9.48 Å². The summed E-state index contributed by atoms with van der Waals surface area (Å²) in [6, 6.07) is 0. The number of nitrogens with zero attached hydrogens (tertiary/aromatic N) is 4. The van der Waals surface area contributed by atoms with Gasteiger partial charge >= 0.3 is 5.97 Å². The Morgan fingerprint density at radius 3 is 2.29 bits per heavy atom. The summed E-state index contributed by atoms with van der Waals surface area (Å²) in [5, 5.41) is 7.71. The Balaban J connectivity index is 2.85. The molecule has 0 unspecified atom stereocenters. The van der Waals surface area contributed by atoms with Crippen molar-refractivity contribution in [3.05, 3.63) is 11.4 Å². The predicted molar refractivity (Wildman–Crippen MR) is 77.9 cm³/mol. The molecule has 21 heavy (non-hydrogen) atoms. The summed E-state index contributed by atoms with van der Waals surface area (Å²) >= 11 is 0. The number of likely N-dealkylation sites (N-methyl/N-ethyl adjacent to an activating group) is 1. The zero-order chi connectivity index (χ0) is 16.2. The normalized spacial score (nSPS) is 11.3. The van der Waals surface area contributed by atoms with Gasteiger partial charge in [0.2, 0.25) is 5.91 Å². The maximum atomic E-state index is 12.1. The topological polar surface area (TPSA) is 77.3 Å². The van der Waals surface area contributed by atoms with Crippen LogP contribution < -0.4 is 0 Å². The van der Waals surface area contributed by atoms with E-state index < -0.39 is 11.6 Å². The van der Waals surface area contributed by atoms with Crippen LogP contribution in [0.1, 0.15) is 50.8 Å². The number of amides is 1. The molecule has 7 nitrogen and oxygen atoms in total. The van der Waals surface area contributed by atoms with E-state index in [1.807, 2.05) is 13.8 Å². The van der Waals surface area contributed by atoms with E-state index in [0.29, 0.717) is 18.8 Å². The number of hydrogen-bond acceptors (Lipinski definition) is 5. The molecule has 0 bridgehead atoms. The fraction of sp³-hybridized carbons (Fsp3) is 0.714. The number of esters is 1. The van der Waals surface area contributed by atoms with Crippen LogP contribution in [0.2, 0.25) is 0 Å². The minimum atomic E-state index is -0.593. The highest BCUT2D eigenvalue weighted by molar-refractivity contribution is 5.88. The first kappa shape index (κ1) is 17.1. The minimum Gasteiger partial charge on any atom is -0.455 e. The van der Waals surface area contributed by atoms with Crippen molar-refractivity contribution in [2.24, 2.45) is 0 Å². The summed E-state index contributed by atoms with van der Waals surface area (Å²) in [5.74, 6) is -0.578. The van der Waals surface area contributed by atoms with E-state index in [-0.39, 0.29) is 18.1 Å². The highest BCUT2D eigenvalue weighted by Gasteiger charge is 2.24. The lowest BCUT2D eigenvalue weighted by Crippen LogP contribution is -2.34. The summed E-state index contributed by atoms with van der Waals surface area (Å²) in [6.07, 6.45) is 0. The molecule has 1 aromatic heterocycles. The molecule has 0 fully saturated rings. The fourth-order valence-corrected chi connectivity index (χ4v) is 1.83. The number of hydrogen-bond donors (Lipinski definition) is 0. The molecular formula is C14H24N4O3. The summed E-state index contributed by atoms with van der Waals surface area (Å²) < 4.78 is 6.69. The summed E-state index contributed by atoms with van der Waals surface area (Å²) in [6.45, 7) is 12.3. The van der Waals surface area contributed by atoms with Gasteiger partial charge in [-0.2, -0.15) is 0 Å². The van der Waals surface area contributed by atoms with Gasteiger partial charge in [-0.1, -0.05) is 5.21 Å². The second kappa shape index (κ2) is 6.69. The van der Waals surface area contributed by atoms with E-state index in [9.17, 15) is 9.59 Å². The maximum Gasteiger partial charge on any atom is 0.361 e. The molecule has 1 heterocycles. The van der Waals surface area contributed by atoms with Crippen LogP contribution in [0.15, 0.2) is 0 Å². The van der Waals surface area contributed by atoms with Gasteiger partial charge in [-0.15, -0.1) is 5.10 Å². The summed E-state index contributed by atoms with van der Waals surface area (Å²) in [5.41, 5.74) is 0.0895. The van der Waals surface area contributed by atoms with E-state index in [1.165, 1.54) is 4.68 Å². The molecule has 0 saturated heterocycles. The summed E-state index contributed by atoms with van der Waals surface area (Å²) in [4.78, 5) is 25.8. The van der Waals surface area contributed by atoms with Crippen LogP contribution >= 0.6 is 0 Å². The molecule has 0 aromatic carbocycles. The van der Waals surface area contributed by atoms with E-state index in [4.69, 9.17) is 4.74 Å². The molecule has 1 rings (SSSR count). The quantitative estimate of drug-likeness (QED) is 0.768. The second-order valence-corrected chi connectivity index (χ2v) is 5.75. The van der Waals surface area contributed by atoms with Crippen LogP contribution in [-0.4, -0.2) is 50.5 Å². The predicted octanol–water partition coefficient (Wildman–Crippen LogP) is 1.41. The number of ether oxygens (including phenoxy) is 1. The molecule has 7 heteroatoms. The molecule has 1 aromatic rings. The van der Waals surface area contributed by atoms with Gasteiger partial charge < -0.3 is 9.64 Å². The monoisotopic (exact) mass is 296 g/mol. The zero-order valence-electron chi connectivity index (χ0n) is 13.6. The number of rotatable bonds is 5. The van der Waals surface area contributed by atoms with Crippen LogP contribution in [0.3, 0.4) is 0 Å². The van der Waals surface area contributed by atoms with Gasteiger partial charge in [-0.3, -0.25) is 4.79 Å². The van der Waals surface area contributed by atoms with Crippen molar-refractivity contribution in [1.82, 2.24) is 19.9 Å². The van der Waals surface area contributed by atoms with E-state index in [0.717, 1.165) is 0 Å². The molecule has 118 valence electrons. The van der Waals surface area contributed by atoms with Gasteiger partial charge in [0.1, 0.15) is 12.1 Å². The Bertz CT molecular complexity index is 513. The highest BCUT2D eigenvalue weighted by Crippen LogP contribution is 2.13. The SMILES string of the molecule is CCN(CC)C(=O)Cn1nnc(C(=O)OC(C)(C)C)c1C. The standard InChI is InChI=1S/C14H24N4O3/c1-7-17(8-2)11(19)9-18-10(3)12(15-16-18)13(20)21-14(4,5)6/h7-9H2,1-6H3. The Morgan fingerprint density at radius 2 is 1.81 bits per heavy atom. The molecule has 0 aliphatic heterocycles. The molecule has 0 N–H and O–H groups in total. The average Bonchev–Trinajstić information content (AvgIpc) is 2.70. The molecule has 0 aliphatic rings. The van der Waals surface area contributed by atoms with Gasteiger partial charge in [0.25, 0.3) is 0 Å². The lowest BCUT2D eigenvalue weighted by Gasteiger charge is -2.19. The third-order valence-corrected chi connectivity index (χ3v) is 2.98. The Hall–Kier alpha value is -1.92. The van der Waals surface area contributed by atoms with Crippen LogP contribution in [0.4, 0.5) is 0 Å². The van der Waals surface area contributed by atoms with Gasteiger partial charge in [0.05, 0.1) is 5.69 Å². The average molecular weight is 296 g/mol. The first-order valence-corrected chi connectivity index (χ1v) is 7.10. The molecule has 0 saturated carbocycles. The van der Waals surface area contributed by atoms with Crippen molar-refractivity contribution in [3.63, 3.8) is 0 Å². The molecule has 0 aliphatic carbocycles. The first-order chi connectivity index (χ1) is 9.69.